The molecule has 3 heterocycles. The fourth-order valence-corrected chi connectivity index (χ4v) is 5.23. The monoisotopic (exact) mass is 442 g/mol. The van der Waals surface area contributed by atoms with E-state index in [9.17, 15) is 5.11 Å². The van der Waals surface area contributed by atoms with Gasteiger partial charge in [-0.1, -0.05) is 29.8 Å². The van der Waals surface area contributed by atoms with Crippen molar-refractivity contribution in [2.45, 2.75) is 25.4 Å². The van der Waals surface area contributed by atoms with Gasteiger partial charge in [0.15, 0.2) is 5.82 Å². The van der Waals surface area contributed by atoms with E-state index in [4.69, 9.17) is 21.6 Å². The van der Waals surface area contributed by atoms with Gasteiger partial charge in [-0.25, -0.2) is 9.97 Å². The first kappa shape index (κ1) is 19.4. The van der Waals surface area contributed by atoms with Gasteiger partial charge in [0, 0.05) is 35.2 Å². The van der Waals surface area contributed by atoms with Gasteiger partial charge in [0.1, 0.15) is 11.6 Å². The molecule has 2 bridgehead atoms. The van der Waals surface area contributed by atoms with Crippen molar-refractivity contribution >= 4 is 34.0 Å². The largest absolute Gasteiger partial charge is 0.507 e. The number of phenolic OH excluding ortho intramolecular Hbond substituents is 1. The first-order valence-electron chi connectivity index (χ1n) is 10.9. The lowest BCUT2D eigenvalue weighted by Crippen LogP contribution is -2.47. The summed E-state index contributed by atoms with van der Waals surface area (Å²) >= 11 is 6.08. The van der Waals surface area contributed by atoms with E-state index in [0.29, 0.717) is 23.5 Å². The molecule has 0 amide bonds. The van der Waals surface area contributed by atoms with Crippen molar-refractivity contribution < 1.29 is 5.11 Å². The molecule has 2 atom stereocenters. The molecular formula is C26H23ClN4O. The number of halogens is 1. The van der Waals surface area contributed by atoms with Crippen LogP contribution in [0.1, 0.15) is 12.0 Å². The first-order valence-corrected chi connectivity index (χ1v) is 11.3. The summed E-state index contributed by atoms with van der Waals surface area (Å²) in [6.45, 7) is 3.94. The second-order valence-corrected chi connectivity index (χ2v) is 9.17. The fraction of sp³-hybridized carbons (Fsp3) is 0.231. The third-order valence-electron chi connectivity index (χ3n) is 6.65. The van der Waals surface area contributed by atoms with Gasteiger partial charge in [-0.15, -0.1) is 0 Å². The van der Waals surface area contributed by atoms with Gasteiger partial charge in [0.05, 0.1) is 17.1 Å². The van der Waals surface area contributed by atoms with Crippen LogP contribution in [-0.2, 0) is 0 Å². The predicted octanol–water partition coefficient (Wildman–Crippen LogP) is 5.43. The van der Waals surface area contributed by atoms with Crippen molar-refractivity contribution in [1.29, 1.82) is 0 Å². The Hall–Kier alpha value is -3.31. The molecule has 3 aromatic carbocycles. The summed E-state index contributed by atoms with van der Waals surface area (Å²) in [5.41, 5.74) is 3.94. The summed E-state index contributed by atoms with van der Waals surface area (Å²) in [6.07, 6.45) is 1.10. The second-order valence-electron chi connectivity index (χ2n) is 8.73. The van der Waals surface area contributed by atoms with Gasteiger partial charge < -0.3 is 14.9 Å². The summed E-state index contributed by atoms with van der Waals surface area (Å²) in [5.74, 6) is 1.72. The molecule has 6 rings (SSSR count). The molecule has 160 valence electrons. The molecule has 2 aliphatic heterocycles. The number of rotatable bonds is 3. The minimum Gasteiger partial charge on any atom is -0.507 e. The van der Waals surface area contributed by atoms with Gasteiger partial charge >= 0.3 is 0 Å². The van der Waals surface area contributed by atoms with Crippen LogP contribution < -0.4 is 9.80 Å². The third kappa shape index (κ3) is 3.16. The number of aryl methyl sites for hydroxylation is 1. The van der Waals surface area contributed by atoms with Crippen LogP contribution in [0, 0.1) is 6.92 Å². The molecule has 2 fully saturated rings. The van der Waals surface area contributed by atoms with Crippen molar-refractivity contribution in [1.82, 2.24) is 9.97 Å². The first-order chi connectivity index (χ1) is 15.6. The molecule has 0 saturated carbocycles. The lowest BCUT2D eigenvalue weighted by atomic mass is 10.1. The van der Waals surface area contributed by atoms with Gasteiger partial charge in [-0.05, 0) is 67.4 Å². The molecular weight excluding hydrogens is 420 g/mol. The number of hydrogen-bond acceptors (Lipinski definition) is 5. The molecule has 2 unspecified atom stereocenters. The average molecular weight is 443 g/mol. The number of nitrogens with zero attached hydrogens (tertiary/aromatic N) is 4. The number of piperazine rings is 1. The molecule has 4 aromatic rings. The van der Waals surface area contributed by atoms with E-state index in [0.717, 1.165) is 46.8 Å². The van der Waals surface area contributed by atoms with Crippen molar-refractivity contribution in [3.63, 3.8) is 0 Å². The molecule has 0 radical (unpaired) electrons. The summed E-state index contributed by atoms with van der Waals surface area (Å²) in [4.78, 5) is 14.7. The zero-order chi connectivity index (χ0) is 21.8. The van der Waals surface area contributed by atoms with Crippen LogP contribution in [0.5, 0.6) is 5.75 Å². The molecule has 1 N–H and O–H groups in total. The van der Waals surface area contributed by atoms with E-state index in [1.807, 2.05) is 30.3 Å². The predicted molar refractivity (Wildman–Crippen MR) is 130 cm³/mol. The molecule has 0 aliphatic carbocycles. The summed E-state index contributed by atoms with van der Waals surface area (Å²) < 4.78 is 0. The molecule has 5 nitrogen and oxygen atoms in total. The van der Waals surface area contributed by atoms with Crippen molar-refractivity contribution in [2.24, 2.45) is 0 Å². The smallest absolute Gasteiger partial charge is 0.165 e. The zero-order valence-electron chi connectivity index (χ0n) is 17.7. The highest BCUT2D eigenvalue weighted by atomic mass is 35.5. The number of anilines is 2. The second kappa shape index (κ2) is 7.38. The van der Waals surface area contributed by atoms with E-state index in [1.54, 1.807) is 6.07 Å². The Balaban J connectivity index is 1.41. The average Bonchev–Trinajstić information content (AvgIpc) is 3.40. The third-order valence-corrected chi connectivity index (χ3v) is 6.90. The number of fused-ring (bicyclic) bond motifs is 3. The lowest BCUT2D eigenvalue weighted by molar-refractivity contribution is 0.477. The van der Waals surface area contributed by atoms with E-state index >= 15 is 0 Å². The standard InChI is InChI=1S/C26H23ClN4O/c1-16-6-11-21-23(12-16)28-25(22-4-2-3-5-24(22)32)29-26(21)31-15-19-13-20(31)14-30(19)18-9-7-17(27)8-10-18/h2-12,19-20,32H,13-15H2,1H3. The van der Waals surface area contributed by atoms with Crippen molar-refractivity contribution in [3.8, 4) is 17.1 Å². The number of phenols is 1. The maximum absolute atomic E-state index is 10.4. The zero-order valence-corrected chi connectivity index (χ0v) is 18.5. The van der Waals surface area contributed by atoms with Crippen LogP contribution >= 0.6 is 11.6 Å². The number of benzene rings is 3. The minimum atomic E-state index is 0.197. The van der Waals surface area contributed by atoms with Crippen LogP contribution in [0.3, 0.4) is 0 Å². The molecule has 1 aromatic heterocycles. The van der Waals surface area contributed by atoms with Gasteiger partial charge in [-0.3, -0.25) is 0 Å². The van der Waals surface area contributed by atoms with Gasteiger partial charge in [0.25, 0.3) is 0 Å². The molecule has 32 heavy (non-hydrogen) atoms. The fourth-order valence-electron chi connectivity index (χ4n) is 5.10. The Morgan fingerprint density at radius 1 is 0.906 bits per heavy atom. The topological polar surface area (TPSA) is 52.5 Å². The highest BCUT2D eigenvalue weighted by Crippen LogP contribution is 2.40. The van der Waals surface area contributed by atoms with Crippen LogP contribution in [0.15, 0.2) is 66.7 Å². The maximum Gasteiger partial charge on any atom is 0.165 e. The van der Waals surface area contributed by atoms with E-state index < -0.39 is 0 Å². The van der Waals surface area contributed by atoms with Crippen molar-refractivity contribution in [2.75, 3.05) is 22.9 Å². The quantitative estimate of drug-likeness (QED) is 0.458. The van der Waals surface area contributed by atoms with Crippen molar-refractivity contribution in [3.05, 3.63) is 77.3 Å². The van der Waals surface area contributed by atoms with Crippen LogP contribution in [0.25, 0.3) is 22.3 Å². The Kier molecular flexibility index (Phi) is 4.47. The highest BCUT2D eigenvalue weighted by molar-refractivity contribution is 6.30. The summed E-state index contributed by atoms with van der Waals surface area (Å²) in [5, 5.41) is 12.2. The summed E-state index contributed by atoms with van der Waals surface area (Å²) in [6, 6.07) is 22.5. The summed E-state index contributed by atoms with van der Waals surface area (Å²) in [7, 11) is 0. The lowest BCUT2D eigenvalue weighted by Gasteiger charge is -2.36. The van der Waals surface area contributed by atoms with Crippen LogP contribution in [-0.4, -0.2) is 40.2 Å². The number of para-hydroxylation sites is 1. The van der Waals surface area contributed by atoms with E-state index in [1.165, 1.54) is 5.69 Å². The molecule has 0 spiro atoms. The Bertz CT molecular complexity index is 1320. The van der Waals surface area contributed by atoms with Gasteiger partial charge in [-0.2, -0.15) is 0 Å². The Labute approximate surface area is 191 Å². The number of hydrogen-bond donors (Lipinski definition) is 1. The highest BCUT2D eigenvalue weighted by Gasteiger charge is 2.44. The molecule has 6 heteroatoms. The van der Waals surface area contributed by atoms with Crippen LogP contribution in [0.2, 0.25) is 5.02 Å². The molecule has 2 aliphatic rings. The molecule has 2 saturated heterocycles. The van der Waals surface area contributed by atoms with Crippen LogP contribution in [0.4, 0.5) is 11.5 Å². The Morgan fingerprint density at radius 3 is 2.41 bits per heavy atom. The van der Waals surface area contributed by atoms with E-state index in [2.05, 4.69) is 47.1 Å². The Morgan fingerprint density at radius 2 is 1.66 bits per heavy atom. The SMILES string of the molecule is Cc1ccc2c(N3CC4CC3CN4c3ccc(Cl)cc3)nc(-c3ccccc3O)nc2c1. The number of aromatic hydroxyl groups is 1. The normalized spacial score (nSPS) is 19.8. The van der Waals surface area contributed by atoms with Gasteiger partial charge in [0.2, 0.25) is 0 Å². The van der Waals surface area contributed by atoms with E-state index in [-0.39, 0.29) is 5.75 Å². The maximum atomic E-state index is 10.4. The number of aromatic nitrogens is 2. The minimum absolute atomic E-state index is 0.197.